The van der Waals surface area contributed by atoms with E-state index in [1.807, 2.05) is 19.0 Å². The molecule has 0 spiro atoms. The fourth-order valence-electron chi connectivity index (χ4n) is 1.26. The first-order valence-electron chi connectivity index (χ1n) is 5.70. The number of anilines is 1. The summed E-state index contributed by atoms with van der Waals surface area (Å²) in [4.78, 5) is 1.94. The van der Waals surface area contributed by atoms with Crippen LogP contribution in [0.2, 0.25) is 0 Å². The van der Waals surface area contributed by atoms with Gasteiger partial charge in [0, 0.05) is 32.4 Å². The second kappa shape index (κ2) is 5.99. The molecule has 2 N–H and O–H groups in total. The summed E-state index contributed by atoms with van der Waals surface area (Å²) in [6.07, 6.45) is 2.19. The molecule has 0 aliphatic heterocycles. The molecule has 2 rings (SSSR count). The maximum absolute atomic E-state index is 9.77. The lowest BCUT2D eigenvalue weighted by molar-refractivity contribution is 0.195. The number of hydrogen-bond donors (Lipinski definition) is 2. The van der Waals surface area contributed by atoms with E-state index in [2.05, 4.69) is 15.5 Å². The highest BCUT2D eigenvalue weighted by Crippen LogP contribution is 2.27. The van der Waals surface area contributed by atoms with Crippen LogP contribution in [0.5, 0.6) is 0 Å². The van der Waals surface area contributed by atoms with Gasteiger partial charge in [-0.05, 0) is 12.8 Å². The minimum absolute atomic E-state index is 0.313. The molecule has 0 aromatic carbocycles. The van der Waals surface area contributed by atoms with Gasteiger partial charge in [0.15, 0.2) is 4.34 Å². The molecule has 96 valence electrons. The van der Waals surface area contributed by atoms with E-state index in [1.54, 1.807) is 23.1 Å². The minimum atomic E-state index is -0.313. The molecule has 17 heavy (non-hydrogen) atoms. The van der Waals surface area contributed by atoms with E-state index >= 15 is 0 Å². The molecule has 0 bridgehead atoms. The van der Waals surface area contributed by atoms with Crippen molar-refractivity contribution >= 4 is 28.2 Å². The second-order valence-corrected chi connectivity index (χ2v) is 6.62. The average molecular weight is 274 g/mol. The third-order valence-corrected chi connectivity index (χ3v) is 4.77. The Balaban J connectivity index is 1.68. The van der Waals surface area contributed by atoms with E-state index in [0.29, 0.717) is 18.3 Å². The van der Waals surface area contributed by atoms with E-state index in [0.717, 1.165) is 9.47 Å². The van der Waals surface area contributed by atoms with Crippen LogP contribution in [-0.2, 0) is 0 Å². The van der Waals surface area contributed by atoms with Gasteiger partial charge in [-0.25, -0.2) is 0 Å². The summed E-state index contributed by atoms with van der Waals surface area (Å²) < 4.78 is 0.916. The summed E-state index contributed by atoms with van der Waals surface area (Å²) in [7, 11) is 3.90. The normalized spacial score (nSPS) is 17.1. The number of rotatable bonds is 7. The van der Waals surface area contributed by atoms with Crippen molar-refractivity contribution in [2.45, 2.75) is 29.3 Å². The third kappa shape index (κ3) is 4.42. The van der Waals surface area contributed by atoms with Crippen LogP contribution >= 0.6 is 23.1 Å². The van der Waals surface area contributed by atoms with Crippen molar-refractivity contribution in [3.63, 3.8) is 0 Å². The fraction of sp³-hybridized carbons (Fsp3) is 0.800. The zero-order valence-corrected chi connectivity index (χ0v) is 11.7. The predicted molar refractivity (Wildman–Crippen MR) is 72.0 cm³/mol. The predicted octanol–water partition coefficient (Wildman–Crippen LogP) is 0.809. The molecule has 0 saturated heterocycles. The zero-order chi connectivity index (χ0) is 12.3. The number of aliphatic hydroxyl groups is 1. The molecule has 7 heteroatoms. The smallest absolute Gasteiger partial charge is 0.208 e. The molecule has 1 aliphatic rings. The number of aromatic nitrogens is 2. The first-order chi connectivity index (χ1) is 8.15. The fourth-order valence-corrected chi connectivity index (χ4v) is 2.98. The Kier molecular flexibility index (Phi) is 4.61. The van der Waals surface area contributed by atoms with E-state index < -0.39 is 0 Å². The van der Waals surface area contributed by atoms with Crippen LogP contribution in [0.25, 0.3) is 0 Å². The summed E-state index contributed by atoms with van der Waals surface area (Å²) in [6, 6.07) is 0.650. The van der Waals surface area contributed by atoms with Crippen molar-refractivity contribution in [2.75, 3.05) is 31.3 Å². The summed E-state index contributed by atoms with van der Waals surface area (Å²) in [6.45, 7) is 0.678. The third-order valence-electron chi connectivity index (χ3n) is 2.40. The topological polar surface area (TPSA) is 61.3 Å². The van der Waals surface area contributed by atoms with Crippen molar-refractivity contribution in [3.8, 4) is 0 Å². The molecule has 1 unspecified atom stereocenters. The first-order valence-corrected chi connectivity index (χ1v) is 7.50. The number of nitrogens with zero attached hydrogens (tertiary/aromatic N) is 3. The highest BCUT2D eigenvalue weighted by molar-refractivity contribution is 8.01. The lowest BCUT2D eigenvalue weighted by Crippen LogP contribution is -2.29. The Morgan fingerprint density at radius 1 is 1.53 bits per heavy atom. The van der Waals surface area contributed by atoms with Gasteiger partial charge >= 0.3 is 0 Å². The molecule has 1 atom stereocenters. The quantitative estimate of drug-likeness (QED) is 0.718. The number of nitrogens with one attached hydrogen (secondary N) is 1. The lowest BCUT2D eigenvalue weighted by Gasteiger charge is -2.09. The van der Waals surface area contributed by atoms with Crippen LogP contribution < -0.4 is 10.2 Å². The van der Waals surface area contributed by atoms with Crippen molar-refractivity contribution in [3.05, 3.63) is 0 Å². The van der Waals surface area contributed by atoms with Crippen LogP contribution in [0.4, 0.5) is 5.13 Å². The summed E-state index contributed by atoms with van der Waals surface area (Å²) in [5.41, 5.74) is 0. The van der Waals surface area contributed by atoms with Crippen molar-refractivity contribution in [1.29, 1.82) is 0 Å². The Morgan fingerprint density at radius 3 is 2.88 bits per heavy atom. The standard InChI is InChI=1S/C10H18N4OS2/c1-14(2)9-12-13-10(17-9)16-6-8(15)5-11-7-3-4-7/h7-8,11,15H,3-6H2,1-2H3. The SMILES string of the molecule is CN(C)c1nnc(SCC(O)CNC2CC2)s1. The largest absolute Gasteiger partial charge is 0.391 e. The Morgan fingerprint density at radius 2 is 2.29 bits per heavy atom. The van der Waals surface area contributed by atoms with Gasteiger partial charge in [-0.3, -0.25) is 0 Å². The molecule has 1 aromatic rings. The molecular weight excluding hydrogens is 256 g/mol. The average Bonchev–Trinajstić information content (AvgIpc) is 3.00. The van der Waals surface area contributed by atoms with Gasteiger partial charge in [0.1, 0.15) is 0 Å². The first kappa shape index (κ1) is 13.1. The lowest BCUT2D eigenvalue weighted by atomic mass is 10.4. The number of hydrogen-bond acceptors (Lipinski definition) is 7. The highest BCUT2D eigenvalue weighted by atomic mass is 32.2. The summed E-state index contributed by atoms with van der Waals surface area (Å²) >= 11 is 3.12. The van der Waals surface area contributed by atoms with Crippen molar-refractivity contribution in [2.24, 2.45) is 0 Å². The van der Waals surface area contributed by atoms with Gasteiger partial charge in [0.2, 0.25) is 5.13 Å². The highest BCUT2D eigenvalue weighted by Gasteiger charge is 2.21. The number of aliphatic hydroxyl groups excluding tert-OH is 1. The van der Waals surface area contributed by atoms with Gasteiger partial charge in [-0.2, -0.15) is 0 Å². The van der Waals surface area contributed by atoms with E-state index in [-0.39, 0.29) is 6.10 Å². The summed E-state index contributed by atoms with van der Waals surface area (Å²) in [5, 5.41) is 22.1. The molecule has 1 saturated carbocycles. The molecular formula is C10H18N4OS2. The van der Waals surface area contributed by atoms with E-state index in [9.17, 15) is 5.11 Å². The van der Waals surface area contributed by atoms with Gasteiger partial charge in [-0.15, -0.1) is 10.2 Å². The molecule has 5 nitrogen and oxygen atoms in total. The maximum atomic E-state index is 9.77. The maximum Gasteiger partial charge on any atom is 0.208 e. The molecule has 1 aromatic heterocycles. The van der Waals surface area contributed by atoms with Crippen molar-refractivity contribution in [1.82, 2.24) is 15.5 Å². The van der Waals surface area contributed by atoms with Crippen LogP contribution in [0.1, 0.15) is 12.8 Å². The van der Waals surface area contributed by atoms with Crippen LogP contribution in [0, 0.1) is 0 Å². The van der Waals surface area contributed by atoms with Gasteiger partial charge in [0.25, 0.3) is 0 Å². The minimum Gasteiger partial charge on any atom is -0.391 e. The molecule has 1 aliphatic carbocycles. The van der Waals surface area contributed by atoms with Gasteiger partial charge in [-0.1, -0.05) is 23.1 Å². The van der Waals surface area contributed by atoms with Crippen LogP contribution in [0.15, 0.2) is 4.34 Å². The monoisotopic (exact) mass is 274 g/mol. The van der Waals surface area contributed by atoms with Crippen molar-refractivity contribution < 1.29 is 5.11 Å². The van der Waals surface area contributed by atoms with Crippen LogP contribution in [-0.4, -0.2) is 53.8 Å². The Hall–Kier alpha value is -0.370. The zero-order valence-electron chi connectivity index (χ0n) is 10.1. The molecule has 1 fully saturated rings. The number of thioether (sulfide) groups is 1. The second-order valence-electron chi connectivity index (χ2n) is 4.39. The molecule has 1 heterocycles. The summed E-state index contributed by atoms with van der Waals surface area (Å²) in [5.74, 6) is 0.668. The van der Waals surface area contributed by atoms with Crippen LogP contribution in [0.3, 0.4) is 0 Å². The Bertz CT molecular complexity index is 354. The van der Waals surface area contributed by atoms with Gasteiger partial charge in [0.05, 0.1) is 6.10 Å². The van der Waals surface area contributed by atoms with E-state index in [4.69, 9.17) is 0 Å². The Labute approximate surface area is 110 Å². The molecule has 0 radical (unpaired) electrons. The molecule has 0 amide bonds. The van der Waals surface area contributed by atoms with E-state index in [1.165, 1.54) is 12.8 Å². The van der Waals surface area contributed by atoms with Gasteiger partial charge < -0.3 is 15.3 Å².